The highest BCUT2D eigenvalue weighted by Gasteiger charge is 2.29. The van der Waals surface area contributed by atoms with E-state index in [1.807, 2.05) is 0 Å². The summed E-state index contributed by atoms with van der Waals surface area (Å²) in [5.41, 5.74) is 0. The molecular formula is C12H22N2O. The molecule has 0 aromatic carbocycles. The van der Waals surface area contributed by atoms with E-state index in [9.17, 15) is 4.79 Å². The standard InChI is InChI=1S/C12H22N2O/c1-2-10-7-12(15)14(8-10)9-11-5-3-4-6-13-11/h10-11,13H,2-9H2,1H3. The number of hydrogen-bond acceptors (Lipinski definition) is 2. The van der Waals surface area contributed by atoms with Crippen LogP contribution in [0.1, 0.15) is 39.0 Å². The van der Waals surface area contributed by atoms with Crippen LogP contribution in [-0.2, 0) is 4.79 Å². The van der Waals surface area contributed by atoms with Crippen molar-refractivity contribution < 1.29 is 4.79 Å². The molecule has 0 aromatic heterocycles. The summed E-state index contributed by atoms with van der Waals surface area (Å²) in [4.78, 5) is 13.8. The van der Waals surface area contributed by atoms with E-state index in [1.165, 1.54) is 19.3 Å². The molecule has 0 bridgehead atoms. The molecule has 0 spiro atoms. The van der Waals surface area contributed by atoms with Gasteiger partial charge in [-0.2, -0.15) is 0 Å². The Balaban J connectivity index is 1.81. The van der Waals surface area contributed by atoms with Gasteiger partial charge < -0.3 is 10.2 Å². The third-order valence-electron chi connectivity index (χ3n) is 3.73. The molecule has 0 saturated carbocycles. The van der Waals surface area contributed by atoms with Crippen molar-refractivity contribution in [3.05, 3.63) is 0 Å². The second-order valence-corrected chi connectivity index (χ2v) is 4.92. The van der Waals surface area contributed by atoms with E-state index in [-0.39, 0.29) is 0 Å². The van der Waals surface area contributed by atoms with Crippen LogP contribution in [0.2, 0.25) is 0 Å². The molecule has 0 radical (unpaired) electrons. The Labute approximate surface area is 92.2 Å². The minimum atomic E-state index is 0.370. The number of amides is 1. The number of rotatable bonds is 3. The second-order valence-electron chi connectivity index (χ2n) is 4.92. The van der Waals surface area contributed by atoms with E-state index in [1.54, 1.807) is 0 Å². The van der Waals surface area contributed by atoms with Gasteiger partial charge in [0.1, 0.15) is 0 Å². The van der Waals surface area contributed by atoms with Gasteiger partial charge in [0.05, 0.1) is 0 Å². The fourth-order valence-electron chi connectivity index (χ4n) is 2.65. The third kappa shape index (κ3) is 2.71. The van der Waals surface area contributed by atoms with Gasteiger partial charge in [-0.3, -0.25) is 4.79 Å². The number of hydrogen-bond donors (Lipinski definition) is 1. The van der Waals surface area contributed by atoms with Crippen LogP contribution in [0.25, 0.3) is 0 Å². The Bertz CT molecular complexity index is 224. The molecule has 3 heteroatoms. The van der Waals surface area contributed by atoms with Crippen LogP contribution in [0.5, 0.6) is 0 Å². The van der Waals surface area contributed by atoms with Crippen molar-refractivity contribution in [2.24, 2.45) is 5.92 Å². The van der Waals surface area contributed by atoms with Gasteiger partial charge in [0.15, 0.2) is 0 Å². The molecule has 2 fully saturated rings. The highest BCUT2D eigenvalue weighted by molar-refractivity contribution is 5.78. The van der Waals surface area contributed by atoms with Crippen LogP contribution in [0, 0.1) is 5.92 Å². The predicted octanol–water partition coefficient (Wildman–Crippen LogP) is 1.39. The molecule has 15 heavy (non-hydrogen) atoms. The molecule has 1 N–H and O–H groups in total. The Kier molecular flexibility index (Phi) is 3.62. The van der Waals surface area contributed by atoms with E-state index in [0.717, 1.165) is 32.5 Å². The number of nitrogens with one attached hydrogen (secondary N) is 1. The summed E-state index contributed by atoms with van der Waals surface area (Å²) in [6.07, 6.45) is 5.77. The minimum absolute atomic E-state index is 0.370. The monoisotopic (exact) mass is 210 g/mol. The zero-order valence-electron chi connectivity index (χ0n) is 9.67. The maximum atomic E-state index is 11.7. The lowest BCUT2D eigenvalue weighted by Crippen LogP contribution is -2.44. The minimum Gasteiger partial charge on any atom is -0.341 e. The maximum Gasteiger partial charge on any atom is 0.222 e. The van der Waals surface area contributed by atoms with Gasteiger partial charge in [0.2, 0.25) is 5.91 Å². The average molecular weight is 210 g/mol. The van der Waals surface area contributed by atoms with Crippen molar-refractivity contribution in [3.63, 3.8) is 0 Å². The van der Waals surface area contributed by atoms with Crippen LogP contribution >= 0.6 is 0 Å². The molecule has 0 aliphatic carbocycles. The van der Waals surface area contributed by atoms with Gasteiger partial charge in [0, 0.05) is 25.6 Å². The summed E-state index contributed by atoms with van der Waals surface area (Å²) >= 11 is 0. The van der Waals surface area contributed by atoms with Gasteiger partial charge >= 0.3 is 0 Å². The first-order chi connectivity index (χ1) is 7.29. The first-order valence-electron chi connectivity index (χ1n) is 6.30. The van der Waals surface area contributed by atoms with Crippen LogP contribution in [0.3, 0.4) is 0 Å². The molecule has 2 aliphatic heterocycles. The molecule has 2 saturated heterocycles. The average Bonchev–Trinajstić information content (AvgIpc) is 2.61. The highest BCUT2D eigenvalue weighted by Crippen LogP contribution is 2.21. The first-order valence-corrected chi connectivity index (χ1v) is 6.30. The highest BCUT2D eigenvalue weighted by atomic mass is 16.2. The van der Waals surface area contributed by atoms with Gasteiger partial charge in [-0.05, 0) is 25.3 Å². The molecule has 2 rings (SSSR count). The van der Waals surface area contributed by atoms with Gasteiger partial charge in [-0.1, -0.05) is 19.8 Å². The first kappa shape index (κ1) is 10.9. The second kappa shape index (κ2) is 4.97. The Morgan fingerprint density at radius 2 is 2.33 bits per heavy atom. The smallest absolute Gasteiger partial charge is 0.222 e. The summed E-state index contributed by atoms with van der Waals surface area (Å²) in [6, 6.07) is 0.554. The molecule has 2 aliphatic rings. The molecule has 3 nitrogen and oxygen atoms in total. The molecule has 1 amide bonds. The lowest BCUT2D eigenvalue weighted by Gasteiger charge is -2.28. The van der Waals surface area contributed by atoms with Gasteiger partial charge in [-0.15, -0.1) is 0 Å². The quantitative estimate of drug-likeness (QED) is 0.763. The molecule has 0 aromatic rings. The van der Waals surface area contributed by atoms with Crippen LogP contribution < -0.4 is 5.32 Å². The van der Waals surface area contributed by atoms with Crippen LogP contribution in [0.4, 0.5) is 0 Å². The lowest BCUT2D eigenvalue weighted by atomic mass is 10.0. The third-order valence-corrected chi connectivity index (χ3v) is 3.73. The SMILES string of the molecule is CCC1CC(=O)N(CC2CCCCN2)C1. The van der Waals surface area contributed by atoms with E-state index >= 15 is 0 Å². The number of carbonyl (C=O) groups is 1. The molecular weight excluding hydrogens is 188 g/mol. The van der Waals surface area contributed by atoms with Gasteiger partial charge in [-0.25, -0.2) is 0 Å². The molecule has 2 unspecified atom stereocenters. The summed E-state index contributed by atoms with van der Waals surface area (Å²) in [5.74, 6) is 0.982. The fraction of sp³-hybridized carbons (Fsp3) is 0.917. The van der Waals surface area contributed by atoms with Crippen molar-refractivity contribution in [1.29, 1.82) is 0 Å². The number of nitrogens with zero attached hydrogens (tertiary/aromatic N) is 1. The summed E-state index contributed by atoms with van der Waals surface area (Å²) in [6.45, 7) is 5.24. The predicted molar refractivity (Wildman–Crippen MR) is 60.6 cm³/mol. The van der Waals surface area contributed by atoms with Crippen molar-refractivity contribution in [1.82, 2.24) is 10.2 Å². The van der Waals surface area contributed by atoms with Crippen molar-refractivity contribution >= 4 is 5.91 Å². The fourth-order valence-corrected chi connectivity index (χ4v) is 2.65. The summed E-state index contributed by atoms with van der Waals surface area (Å²) < 4.78 is 0. The lowest BCUT2D eigenvalue weighted by molar-refractivity contribution is -0.128. The van der Waals surface area contributed by atoms with Crippen LogP contribution in [-0.4, -0.2) is 36.5 Å². The zero-order chi connectivity index (χ0) is 10.7. The summed E-state index contributed by atoms with van der Waals surface area (Å²) in [7, 11) is 0. The van der Waals surface area contributed by atoms with Crippen LogP contribution in [0.15, 0.2) is 0 Å². The molecule has 2 heterocycles. The van der Waals surface area contributed by atoms with Crippen molar-refractivity contribution in [3.8, 4) is 0 Å². The maximum absolute atomic E-state index is 11.7. The van der Waals surface area contributed by atoms with E-state index in [0.29, 0.717) is 17.9 Å². The largest absolute Gasteiger partial charge is 0.341 e. The van der Waals surface area contributed by atoms with Gasteiger partial charge in [0.25, 0.3) is 0 Å². The molecule has 86 valence electrons. The zero-order valence-corrected chi connectivity index (χ0v) is 9.67. The van der Waals surface area contributed by atoms with E-state index < -0.39 is 0 Å². The topological polar surface area (TPSA) is 32.3 Å². The number of likely N-dealkylation sites (tertiary alicyclic amines) is 1. The van der Waals surface area contributed by atoms with Crippen molar-refractivity contribution in [2.45, 2.75) is 45.1 Å². The normalized spacial score (nSPS) is 32.3. The summed E-state index contributed by atoms with van der Waals surface area (Å²) in [5, 5.41) is 3.51. The van der Waals surface area contributed by atoms with Crippen molar-refractivity contribution in [2.75, 3.05) is 19.6 Å². The van der Waals surface area contributed by atoms with E-state index in [4.69, 9.17) is 0 Å². The Hall–Kier alpha value is -0.570. The number of carbonyl (C=O) groups excluding carboxylic acids is 1. The van der Waals surface area contributed by atoms with E-state index in [2.05, 4.69) is 17.1 Å². The molecule has 2 atom stereocenters. The Morgan fingerprint density at radius 1 is 1.47 bits per heavy atom. The number of piperidine rings is 1. The Morgan fingerprint density at radius 3 is 2.93 bits per heavy atom.